The van der Waals surface area contributed by atoms with Crippen LogP contribution in [0.1, 0.15) is 10.4 Å². The minimum Gasteiger partial charge on any atom is -0.497 e. The molecule has 0 fully saturated rings. The summed E-state index contributed by atoms with van der Waals surface area (Å²) < 4.78 is 5.17. The Kier molecular flexibility index (Phi) is 3.34. The van der Waals surface area contributed by atoms with E-state index in [1.54, 1.807) is 31.4 Å². The monoisotopic (exact) mass is 296 g/mol. The molecular weight excluding hydrogens is 284 g/mol. The maximum Gasteiger partial charge on any atom is 0.269 e. The van der Waals surface area contributed by atoms with E-state index >= 15 is 0 Å². The van der Waals surface area contributed by atoms with E-state index in [4.69, 9.17) is 4.74 Å². The van der Waals surface area contributed by atoms with Gasteiger partial charge in [0.15, 0.2) is 6.29 Å². The summed E-state index contributed by atoms with van der Waals surface area (Å²) in [5, 5.41) is 11.5. The highest BCUT2D eigenvalue weighted by Crippen LogP contribution is 2.32. The van der Waals surface area contributed by atoms with Gasteiger partial charge in [-0.05, 0) is 35.9 Å². The van der Waals surface area contributed by atoms with Gasteiger partial charge in [-0.1, -0.05) is 0 Å². The highest BCUT2D eigenvalue weighted by molar-refractivity contribution is 6.04. The van der Waals surface area contributed by atoms with Gasteiger partial charge in [-0.15, -0.1) is 0 Å². The summed E-state index contributed by atoms with van der Waals surface area (Å²) in [4.78, 5) is 24.9. The molecule has 2 aromatic carbocycles. The number of aromatic amines is 1. The van der Waals surface area contributed by atoms with Crippen molar-refractivity contribution < 1.29 is 14.5 Å². The molecule has 0 radical (unpaired) electrons. The Balaban J connectivity index is 2.17. The van der Waals surface area contributed by atoms with Crippen molar-refractivity contribution in [3.63, 3.8) is 0 Å². The number of carbonyl (C=O) groups is 1. The van der Waals surface area contributed by atoms with Crippen LogP contribution in [-0.2, 0) is 0 Å². The van der Waals surface area contributed by atoms with Gasteiger partial charge < -0.3 is 9.72 Å². The Morgan fingerprint density at radius 2 is 1.91 bits per heavy atom. The number of aldehydes is 1. The molecule has 1 heterocycles. The summed E-state index contributed by atoms with van der Waals surface area (Å²) in [6, 6.07) is 11.5. The number of ether oxygens (including phenoxy) is 1. The molecule has 6 heteroatoms. The Hall–Kier alpha value is -3.15. The van der Waals surface area contributed by atoms with E-state index in [1.807, 2.05) is 6.07 Å². The average molecular weight is 296 g/mol. The number of methoxy groups -OCH3 is 1. The third-order valence-electron chi connectivity index (χ3n) is 3.53. The van der Waals surface area contributed by atoms with Crippen LogP contribution >= 0.6 is 0 Å². The largest absolute Gasteiger partial charge is 0.497 e. The van der Waals surface area contributed by atoms with Gasteiger partial charge in [0.25, 0.3) is 5.69 Å². The normalized spacial score (nSPS) is 10.6. The number of benzene rings is 2. The van der Waals surface area contributed by atoms with Crippen molar-refractivity contribution in [3.8, 4) is 17.0 Å². The maximum atomic E-state index is 11.5. The number of H-pyrrole nitrogens is 1. The van der Waals surface area contributed by atoms with Crippen LogP contribution in [0.4, 0.5) is 5.69 Å². The number of carbonyl (C=O) groups excluding carboxylic acids is 1. The Bertz CT molecular complexity index is 866. The summed E-state index contributed by atoms with van der Waals surface area (Å²) in [5.74, 6) is 0.657. The zero-order chi connectivity index (χ0) is 15.7. The number of nitro benzene ring substituents is 1. The molecule has 0 spiro atoms. The van der Waals surface area contributed by atoms with Crippen LogP contribution in [0.25, 0.3) is 22.2 Å². The molecule has 0 aliphatic carbocycles. The second kappa shape index (κ2) is 5.33. The topological polar surface area (TPSA) is 85.2 Å². The third-order valence-corrected chi connectivity index (χ3v) is 3.53. The molecule has 3 rings (SSSR count). The Morgan fingerprint density at radius 1 is 1.18 bits per heavy atom. The van der Waals surface area contributed by atoms with E-state index < -0.39 is 4.92 Å². The predicted octanol–water partition coefficient (Wildman–Crippen LogP) is 3.56. The van der Waals surface area contributed by atoms with Crippen molar-refractivity contribution in [2.24, 2.45) is 0 Å². The number of hydrogen-bond acceptors (Lipinski definition) is 4. The van der Waals surface area contributed by atoms with Gasteiger partial charge in [0, 0.05) is 28.6 Å². The summed E-state index contributed by atoms with van der Waals surface area (Å²) in [6.45, 7) is 0. The molecule has 0 saturated carbocycles. The summed E-state index contributed by atoms with van der Waals surface area (Å²) in [7, 11) is 1.56. The van der Waals surface area contributed by atoms with Crippen LogP contribution in [0, 0.1) is 10.1 Å². The lowest BCUT2D eigenvalue weighted by Crippen LogP contribution is -1.89. The number of rotatable bonds is 4. The average Bonchev–Trinajstić information content (AvgIpc) is 2.92. The first-order valence-corrected chi connectivity index (χ1v) is 6.53. The first-order valence-electron chi connectivity index (χ1n) is 6.53. The van der Waals surface area contributed by atoms with E-state index in [2.05, 4.69) is 4.98 Å². The first-order chi connectivity index (χ1) is 10.6. The van der Waals surface area contributed by atoms with Crippen molar-refractivity contribution in [1.29, 1.82) is 0 Å². The minimum atomic E-state index is -0.458. The van der Waals surface area contributed by atoms with Crippen LogP contribution in [0.2, 0.25) is 0 Å². The summed E-state index contributed by atoms with van der Waals surface area (Å²) in [5.41, 5.74) is 2.66. The van der Waals surface area contributed by atoms with Crippen LogP contribution in [0.15, 0.2) is 42.5 Å². The number of hydrogen-bond donors (Lipinski definition) is 1. The maximum absolute atomic E-state index is 11.5. The highest BCUT2D eigenvalue weighted by atomic mass is 16.6. The van der Waals surface area contributed by atoms with Crippen molar-refractivity contribution >= 4 is 22.9 Å². The summed E-state index contributed by atoms with van der Waals surface area (Å²) >= 11 is 0. The molecule has 3 aromatic rings. The molecule has 22 heavy (non-hydrogen) atoms. The van der Waals surface area contributed by atoms with Gasteiger partial charge in [-0.25, -0.2) is 0 Å². The molecule has 0 aliphatic heterocycles. The fourth-order valence-corrected chi connectivity index (χ4v) is 2.42. The SMILES string of the molecule is COc1ccc2[nH]c(-c3ccc([N+](=O)[O-])cc3)c(C=O)c2c1. The molecule has 0 aliphatic rings. The standard InChI is InChI=1S/C16H12N2O4/c1-22-12-6-7-15-13(8-12)14(9-19)16(17-15)10-2-4-11(5-3-10)18(20)21/h2-9,17H,1H3. The van der Waals surface area contributed by atoms with Gasteiger partial charge in [-0.3, -0.25) is 14.9 Å². The predicted molar refractivity (Wildman–Crippen MR) is 82.3 cm³/mol. The number of nitrogens with one attached hydrogen (secondary N) is 1. The summed E-state index contributed by atoms with van der Waals surface area (Å²) in [6.07, 6.45) is 0.773. The molecule has 0 amide bonds. The smallest absolute Gasteiger partial charge is 0.269 e. The quantitative estimate of drug-likeness (QED) is 0.453. The zero-order valence-electron chi connectivity index (χ0n) is 11.7. The van der Waals surface area contributed by atoms with E-state index in [0.717, 1.165) is 17.2 Å². The molecule has 0 saturated heterocycles. The Labute approximate surface area is 125 Å². The van der Waals surface area contributed by atoms with E-state index in [1.165, 1.54) is 12.1 Å². The molecule has 0 atom stereocenters. The molecule has 110 valence electrons. The first kappa shape index (κ1) is 13.8. The number of aromatic nitrogens is 1. The second-order valence-corrected chi connectivity index (χ2v) is 4.75. The van der Waals surface area contributed by atoms with Crippen LogP contribution in [0.3, 0.4) is 0 Å². The van der Waals surface area contributed by atoms with Crippen molar-refractivity contribution in [2.75, 3.05) is 7.11 Å². The fraction of sp³-hybridized carbons (Fsp3) is 0.0625. The van der Waals surface area contributed by atoms with E-state index in [-0.39, 0.29) is 5.69 Å². The lowest BCUT2D eigenvalue weighted by atomic mass is 10.1. The Morgan fingerprint density at radius 3 is 2.50 bits per heavy atom. The van der Waals surface area contributed by atoms with Gasteiger partial charge >= 0.3 is 0 Å². The lowest BCUT2D eigenvalue weighted by molar-refractivity contribution is -0.384. The minimum absolute atomic E-state index is 0.00850. The van der Waals surface area contributed by atoms with Crippen LogP contribution in [-0.4, -0.2) is 23.3 Å². The van der Waals surface area contributed by atoms with Crippen LogP contribution in [0.5, 0.6) is 5.75 Å². The third kappa shape index (κ3) is 2.20. The van der Waals surface area contributed by atoms with E-state index in [9.17, 15) is 14.9 Å². The van der Waals surface area contributed by atoms with E-state index in [0.29, 0.717) is 22.6 Å². The van der Waals surface area contributed by atoms with Gasteiger partial charge in [0.2, 0.25) is 0 Å². The van der Waals surface area contributed by atoms with Crippen molar-refractivity contribution in [1.82, 2.24) is 4.98 Å². The molecule has 0 unspecified atom stereocenters. The number of nitro groups is 1. The lowest BCUT2D eigenvalue weighted by Gasteiger charge is -2.00. The second-order valence-electron chi connectivity index (χ2n) is 4.75. The van der Waals surface area contributed by atoms with Gasteiger partial charge in [0.1, 0.15) is 5.75 Å². The number of nitrogens with zero attached hydrogens (tertiary/aromatic N) is 1. The van der Waals surface area contributed by atoms with Gasteiger partial charge in [-0.2, -0.15) is 0 Å². The molecule has 1 aromatic heterocycles. The molecule has 6 nitrogen and oxygen atoms in total. The zero-order valence-corrected chi connectivity index (χ0v) is 11.7. The van der Waals surface area contributed by atoms with Crippen molar-refractivity contribution in [2.45, 2.75) is 0 Å². The van der Waals surface area contributed by atoms with Crippen molar-refractivity contribution in [3.05, 3.63) is 58.1 Å². The van der Waals surface area contributed by atoms with Gasteiger partial charge in [0.05, 0.1) is 17.7 Å². The van der Waals surface area contributed by atoms with Crippen LogP contribution < -0.4 is 4.74 Å². The highest BCUT2D eigenvalue weighted by Gasteiger charge is 2.14. The molecular formula is C16H12N2O4. The molecule has 1 N–H and O–H groups in total. The number of fused-ring (bicyclic) bond motifs is 1. The number of non-ortho nitro benzene ring substituents is 1. The fourth-order valence-electron chi connectivity index (χ4n) is 2.42. The molecule has 0 bridgehead atoms.